The van der Waals surface area contributed by atoms with Crippen LogP contribution in [0.5, 0.6) is 5.75 Å². The zero-order chi connectivity index (χ0) is 9.26. The molecule has 0 N–H and O–H groups in total. The van der Waals surface area contributed by atoms with Gasteiger partial charge in [0.15, 0.2) is 0 Å². The summed E-state index contributed by atoms with van der Waals surface area (Å²) in [5.41, 5.74) is 2.64. The van der Waals surface area contributed by atoms with E-state index in [-0.39, 0.29) is 5.38 Å². The van der Waals surface area contributed by atoms with E-state index in [1.807, 2.05) is 6.07 Å². The van der Waals surface area contributed by atoms with Gasteiger partial charge in [0, 0.05) is 0 Å². The van der Waals surface area contributed by atoms with Crippen molar-refractivity contribution in [3.63, 3.8) is 0 Å². The Balaban J connectivity index is 2.39. The van der Waals surface area contributed by atoms with Crippen LogP contribution in [0.1, 0.15) is 29.3 Å². The van der Waals surface area contributed by atoms with Crippen molar-refractivity contribution < 1.29 is 4.74 Å². The Morgan fingerprint density at radius 2 is 2.31 bits per heavy atom. The number of rotatable bonds is 1. The third kappa shape index (κ3) is 1.66. The molecule has 70 valence electrons. The molecule has 1 nitrogen and oxygen atoms in total. The molecule has 2 rings (SSSR count). The van der Waals surface area contributed by atoms with E-state index < -0.39 is 0 Å². The highest BCUT2D eigenvalue weighted by Gasteiger charge is 2.17. The van der Waals surface area contributed by atoms with E-state index in [1.54, 1.807) is 7.11 Å². The molecule has 1 unspecified atom stereocenters. The number of halogens is 1. The topological polar surface area (TPSA) is 9.23 Å². The molecule has 0 fully saturated rings. The number of alkyl halides is 1. The summed E-state index contributed by atoms with van der Waals surface area (Å²) >= 11 is 6.20. The van der Waals surface area contributed by atoms with Gasteiger partial charge in [-0.3, -0.25) is 0 Å². The molecule has 0 heterocycles. The molecule has 1 aromatic carbocycles. The lowest BCUT2D eigenvalue weighted by molar-refractivity contribution is 0.413. The van der Waals surface area contributed by atoms with Crippen LogP contribution in [0.2, 0.25) is 0 Å². The zero-order valence-electron chi connectivity index (χ0n) is 7.72. The van der Waals surface area contributed by atoms with Crippen LogP contribution in [0, 0.1) is 0 Å². The average Bonchev–Trinajstić information content (AvgIpc) is 2.18. The molecular formula is C11H13ClO. The fourth-order valence-corrected chi connectivity index (χ4v) is 2.23. The minimum atomic E-state index is 0.203. The first-order valence-electron chi connectivity index (χ1n) is 4.62. The van der Waals surface area contributed by atoms with Gasteiger partial charge in [0.1, 0.15) is 5.75 Å². The van der Waals surface area contributed by atoms with Crippen molar-refractivity contribution in [2.45, 2.75) is 24.6 Å². The lowest BCUT2D eigenvalue weighted by Crippen LogP contribution is -2.05. The number of aryl methyl sites for hydroxylation is 1. The van der Waals surface area contributed by atoms with Crippen molar-refractivity contribution in [1.29, 1.82) is 0 Å². The maximum Gasteiger partial charge on any atom is 0.119 e. The van der Waals surface area contributed by atoms with Gasteiger partial charge in [-0.1, -0.05) is 6.07 Å². The van der Waals surface area contributed by atoms with Crippen LogP contribution in [0.3, 0.4) is 0 Å². The fraction of sp³-hybridized carbons (Fsp3) is 0.455. The molecule has 0 saturated heterocycles. The van der Waals surface area contributed by atoms with Gasteiger partial charge in [-0.05, 0) is 42.5 Å². The Hall–Kier alpha value is -0.690. The first-order chi connectivity index (χ1) is 6.31. The van der Waals surface area contributed by atoms with Gasteiger partial charge in [-0.15, -0.1) is 11.6 Å². The summed E-state index contributed by atoms with van der Waals surface area (Å²) in [6.07, 6.45) is 3.42. The van der Waals surface area contributed by atoms with Gasteiger partial charge in [-0.2, -0.15) is 0 Å². The molecule has 1 aromatic rings. The van der Waals surface area contributed by atoms with Crippen LogP contribution in [-0.2, 0) is 6.42 Å². The molecule has 1 aliphatic carbocycles. The Morgan fingerprint density at radius 3 is 3.08 bits per heavy atom. The summed E-state index contributed by atoms with van der Waals surface area (Å²) in [5, 5.41) is 0.203. The molecular weight excluding hydrogens is 184 g/mol. The number of methoxy groups -OCH3 is 1. The Bertz CT molecular complexity index is 309. The second kappa shape index (κ2) is 3.59. The highest BCUT2D eigenvalue weighted by atomic mass is 35.5. The molecule has 13 heavy (non-hydrogen) atoms. The fourth-order valence-electron chi connectivity index (χ4n) is 1.86. The minimum Gasteiger partial charge on any atom is -0.497 e. The van der Waals surface area contributed by atoms with Crippen LogP contribution in [0.4, 0.5) is 0 Å². The quantitative estimate of drug-likeness (QED) is 0.627. The normalized spacial score (nSPS) is 20.9. The number of hydrogen-bond acceptors (Lipinski definition) is 1. The number of fused-ring (bicyclic) bond motifs is 1. The Morgan fingerprint density at radius 1 is 1.46 bits per heavy atom. The third-order valence-corrected chi connectivity index (χ3v) is 3.04. The van der Waals surface area contributed by atoms with Crippen molar-refractivity contribution in [2.24, 2.45) is 0 Å². The van der Waals surface area contributed by atoms with Gasteiger partial charge in [-0.25, -0.2) is 0 Å². The van der Waals surface area contributed by atoms with E-state index in [1.165, 1.54) is 17.5 Å². The molecule has 0 aliphatic heterocycles. The van der Waals surface area contributed by atoms with Crippen LogP contribution in [-0.4, -0.2) is 7.11 Å². The molecule has 0 aromatic heterocycles. The van der Waals surface area contributed by atoms with Crippen molar-refractivity contribution in [2.75, 3.05) is 7.11 Å². The summed E-state index contributed by atoms with van der Waals surface area (Å²) in [6, 6.07) is 6.18. The van der Waals surface area contributed by atoms with E-state index >= 15 is 0 Å². The van der Waals surface area contributed by atoms with Crippen molar-refractivity contribution in [1.82, 2.24) is 0 Å². The molecule has 1 atom stereocenters. The standard InChI is InChI=1S/C11H13ClO/c1-13-9-5-6-10-8(7-9)3-2-4-11(10)12/h5-7,11H,2-4H2,1H3. The van der Waals surface area contributed by atoms with Crippen LogP contribution in [0.15, 0.2) is 18.2 Å². The molecule has 1 aliphatic rings. The van der Waals surface area contributed by atoms with Crippen molar-refractivity contribution >= 4 is 11.6 Å². The van der Waals surface area contributed by atoms with Crippen LogP contribution >= 0.6 is 11.6 Å². The lowest BCUT2D eigenvalue weighted by atomic mass is 9.91. The summed E-state index contributed by atoms with van der Waals surface area (Å²) in [5.74, 6) is 0.935. The second-order valence-electron chi connectivity index (χ2n) is 3.42. The van der Waals surface area contributed by atoms with Gasteiger partial charge >= 0.3 is 0 Å². The maximum absolute atomic E-state index is 6.20. The van der Waals surface area contributed by atoms with E-state index in [0.717, 1.165) is 18.6 Å². The molecule has 0 saturated carbocycles. The maximum atomic E-state index is 6.20. The first-order valence-corrected chi connectivity index (χ1v) is 5.06. The first kappa shape index (κ1) is 8.89. The second-order valence-corrected chi connectivity index (χ2v) is 3.95. The van der Waals surface area contributed by atoms with Gasteiger partial charge in [0.05, 0.1) is 12.5 Å². The number of hydrogen-bond donors (Lipinski definition) is 0. The Kier molecular flexibility index (Phi) is 2.45. The average molecular weight is 197 g/mol. The third-order valence-electron chi connectivity index (χ3n) is 2.59. The van der Waals surface area contributed by atoms with Gasteiger partial charge in [0.2, 0.25) is 0 Å². The van der Waals surface area contributed by atoms with Crippen molar-refractivity contribution in [3.8, 4) is 5.75 Å². The summed E-state index contributed by atoms with van der Waals surface area (Å²) < 4.78 is 5.17. The van der Waals surface area contributed by atoms with E-state index in [0.29, 0.717) is 0 Å². The molecule has 0 bridgehead atoms. The minimum absolute atomic E-state index is 0.203. The smallest absolute Gasteiger partial charge is 0.119 e. The van der Waals surface area contributed by atoms with E-state index in [9.17, 15) is 0 Å². The van der Waals surface area contributed by atoms with E-state index in [4.69, 9.17) is 16.3 Å². The summed E-state index contributed by atoms with van der Waals surface area (Å²) in [7, 11) is 1.70. The van der Waals surface area contributed by atoms with Crippen LogP contribution in [0.25, 0.3) is 0 Å². The predicted molar refractivity (Wildman–Crippen MR) is 54.5 cm³/mol. The van der Waals surface area contributed by atoms with Crippen LogP contribution < -0.4 is 4.74 Å². The molecule has 0 radical (unpaired) electrons. The highest BCUT2D eigenvalue weighted by Crippen LogP contribution is 2.35. The zero-order valence-corrected chi connectivity index (χ0v) is 8.47. The summed E-state index contributed by atoms with van der Waals surface area (Å²) in [6.45, 7) is 0. The SMILES string of the molecule is COc1ccc2c(c1)CCCC2Cl. The predicted octanol–water partition coefficient (Wildman–Crippen LogP) is 3.31. The van der Waals surface area contributed by atoms with Crippen molar-refractivity contribution in [3.05, 3.63) is 29.3 Å². The van der Waals surface area contributed by atoms with Gasteiger partial charge < -0.3 is 4.74 Å². The lowest BCUT2D eigenvalue weighted by Gasteiger charge is -2.20. The molecule has 0 spiro atoms. The molecule has 2 heteroatoms. The monoisotopic (exact) mass is 196 g/mol. The highest BCUT2D eigenvalue weighted by molar-refractivity contribution is 6.21. The Labute approximate surface area is 83.7 Å². The van der Waals surface area contributed by atoms with E-state index in [2.05, 4.69) is 12.1 Å². The van der Waals surface area contributed by atoms with Gasteiger partial charge in [0.25, 0.3) is 0 Å². The number of benzene rings is 1. The largest absolute Gasteiger partial charge is 0.497 e. The number of ether oxygens (including phenoxy) is 1. The summed E-state index contributed by atoms with van der Waals surface area (Å²) in [4.78, 5) is 0. The molecule has 0 amide bonds.